The molecule has 0 saturated heterocycles. The Balaban J connectivity index is 2.43. The summed E-state index contributed by atoms with van der Waals surface area (Å²) in [5.74, 6) is 0. The maximum atomic E-state index is 12.2. The predicted molar refractivity (Wildman–Crippen MR) is 78.3 cm³/mol. The normalized spacial score (nSPS) is 11.3. The third-order valence-corrected chi connectivity index (χ3v) is 4.33. The lowest BCUT2D eigenvalue weighted by Gasteiger charge is -2.11. The Morgan fingerprint density at radius 2 is 2.05 bits per heavy atom. The van der Waals surface area contributed by atoms with Gasteiger partial charge in [-0.15, -0.1) is 0 Å². The van der Waals surface area contributed by atoms with Crippen LogP contribution in [-0.2, 0) is 10.0 Å². The third kappa shape index (κ3) is 3.05. The highest BCUT2D eigenvalue weighted by Gasteiger charge is 2.19. The Bertz CT molecular complexity index is 717. The number of nitrogens with one attached hydrogen (secondary N) is 1. The first-order valence-electron chi connectivity index (χ1n) is 5.39. The van der Waals surface area contributed by atoms with Gasteiger partial charge < -0.3 is 5.73 Å². The first-order chi connectivity index (χ1) is 8.90. The van der Waals surface area contributed by atoms with Crippen LogP contribution in [-0.4, -0.2) is 13.4 Å². The van der Waals surface area contributed by atoms with Gasteiger partial charge in [0.1, 0.15) is 0 Å². The highest BCUT2D eigenvalue weighted by Crippen LogP contribution is 2.24. The molecule has 0 aliphatic heterocycles. The lowest BCUT2D eigenvalue weighted by atomic mass is 10.2. The van der Waals surface area contributed by atoms with Gasteiger partial charge in [-0.2, -0.15) is 8.42 Å². The van der Waals surface area contributed by atoms with E-state index >= 15 is 0 Å². The van der Waals surface area contributed by atoms with Crippen LogP contribution in [0.15, 0.2) is 46.0 Å². The number of pyridine rings is 1. The second kappa shape index (κ2) is 5.18. The van der Waals surface area contributed by atoms with E-state index in [2.05, 4.69) is 25.6 Å². The zero-order valence-electron chi connectivity index (χ0n) is 10.1. The van der Waals surface area contributed by atoms with Gasteiger partial charge in [-0.3, -0.25) is 4.72 Å². The lowest BCUT2D eigenvalue weighted by molar-refractivity contribution is 0.598. The van der Waals surface area contributed by atoms with Crippen LogP contribution < -0.4 is 10.5 Å². The van der Waals surface area contributed by atoms with Crippen LogP contribution in [0.2, 0.25) is 0 Å². The number of hydrogen-bond acceptors (Lipinski definition) is 4. The summed E-state index contributed by atoms with van der Waals surface area (Å²) in [6, 6.07) is 8.41. The summed E-state index contributed by atoms with van der Waals surface area (Å²) in [7, 11) is -3.79. The van der Waals surface area contributed by atoms with Crippen molar-refractivity contribution >= 4 is 37.3 Å². The van der Waals surface area contributed by atoms with E-state index in [1.807, 2.05) is 19.1 Å². The smallest absolute Gasteiger partial charge is 0.281 e. The highest BCUT2D eigenvalue weighted by molar-refractivity contribution is 9.10. The average Bonchev–Trinajstić information content (AvgIpc) is 2.34. The average molecular weight is 342 g/mol. The van der Waals surface area contributed by atoms with Crippen molar-refractivity contribution < 1.29 is 8.42 Å². The van der Waals surface area contributed by atoms with E-state index in [0.29, 0.717) is 5.69 Å². The second-order valence-corrected chi connectivity index (χ2v) is 6.48. The minimum Gasteiger partial charge on any atom is -0.396 e. The number of nitrogens with zero attached hydrogens (tertiary/aromatic N) is 1. The molecule has 3 N–H and O–H groups in total. The number of hydrogen-bond donors (Lipinski definition) is 2. The number of sulfonamides is 1. The van der Waals surface area contributed by atoms with E-state index in [4.69, 9.17) is 5.73 Å². The first-order valence-corrected chi connectivity index (χ1v) is 7.67. The fraction of sp³-hybridized carbons (Fsp3) is 0.0833. The molecule has 5 nitrogen and oxygen atoms in total. The van der Waals surface area contributed by atoms with Crippen molar-refractivity contribution in [1.82, 2.24) is 4.98 Å². The quantitative estimate of drug-likeness (QED) is 0.898. The van der Waals surface area contributed by atoms with Crippen molar-refractivity contribution in [3.05, 3.63) is 46.6 Å². The van der Waals surface area contributed by atoms with Crippen LogP contribution in [0.3, 0.4) is 0 Å². The van der Waals surface area contributed by atoms with E-state index in [0.717, 1.165) is 10.0 Å². The number of aromatic nitrogens is 1. The zero-order chi connectivity index (χ0) is 14.0. The summed E-state index contributed by atoms with van der Waals surface area (Å²) < 4.78 is 27.7. The van der Waals surface area contributed by atoms with Crippen molar-refractivity contribution in [1.29, 1.82) is 0 Å². The molecule has 0 spiro atoms. The molecule has 0 fully saturated rings. The summed E-state index contributed by atoms with van der Waals surface area (Å²) in [6.07, 6.45) is 1.39. The summed E-state index contributed by atoms with van der Waals surface area (Å²) in [4.78, 5) is 3.81. The summed E-state index contributed by atoms with van der Waals surface area (Å²) in [5, 5.41) is -0.172. The molecule has 0 aliphatic carbocycles. The minimum absolute atomic E-state index is 0.114. The van der Waals surface area contributed by atoms with Crippen LogP contribution in [0.25, 0.3) is 0 Å². The molecule has 0 radical (unpaired) electrons. The van der Waals surface area contributed by atoms with Crippen molar-refractivity contribution in [3.8, 4) is 0 Å². The van der Waals surface area contributed by atoms with E-state index in [-0.39, 0.29) is 10.7 Å². The van der Waals surface area contributed by atoms with E-state index < -0.39 is 10.0 Å². The Hall–Kier alpha value is -1.60. The Labute approximate surface area is 120 Å². The van der Waals surface area contributed by atoms with Crippen LogP contribution >= 0.6 is 15.9 Å². The van der Waals surface area contributed by atoms with Crippen LogP contribution in [0, 0.1) is 6.92 Å². The van der Waals surface area contributed by atoms with Gasteiger partial charge in [0.05, 0.1) is 11.4 Å². The topological polar surface area (TPSA) is 85.1 Å². The van der Waals surface area contributed by atoms with Gasteiger partial charge in [0.2, 0.25) is 0 Å². The largest absolute Gasteiger partial charge is 0.396 e. The Kier molecular flexibility index (Phi) is 3.77. The van der Waals surface area contributed by atoms with Gasteiger partial charge in [0.15, 0.2) is 5.03 Å². The molecule has 0 bridgehead atoms. The molecule has 0 amide bonds. The molecule has 0 unspecified atom stereocenters. The minimum atomic E-state index is -3.79. The number of rotatable bonds is 3. The first kappa shape index (κ1) is 13.8. The fourth-order valence-electron chi connectivity index (χ4n) is 1.53. The van der Waals surface area contributed by atoms with E-state index in [1.165, 1.54) is 12.3 Å². The number of nitrogen functional groups attached to an aromatic ring is 1. The van der Waals surface area contributed by atoms with Crippen molar-refractivity contribution in [2.24, 2.45) is 0 Å². The van der Waals surface area contributed by atoms with Crippen LogP contribution in [0.1, 0.15) is 5.56 Å². The monoisotopic (exact) mass is 341 g/mol. The number of halogens is 1. The number of aryl methyl sites for hydroxylation is 1. The van der Waals surface area contributed by atoms with Gasteiger partial charge in [0, 0.05) is 10.7 Å². The lowest BCUT2D eigenvalue weighted by Crippen LogP contribution is -2.16. The molecule has 0 saturated carbocycles. The zero-order valence-corrected chi connectivity index (χ0v) is 12.5. The van der Waals surface area contributed by atoms with E-state index in [9.17, 15) is 8.42 Å². The van der Waals surface area contributed by atoms with Gasteiger partial charge in [-0.1, -0.05) is 22.0 Å². The molecule has 1 heterocycles. The number of benzene rings is 1. The molecule has 0 atom stereocenters. The van der Waals surface area contributed by atoms with Gasteiger partial charge in [-0.25, -0.2) is 4.98 Å². The predicted octanol–water partition coefficient (Wildman–Crippen LogP) is 2.54. The van der Waals surface area contributed by atoms with Crippen molar-refractivity contribution in [2.45, 2.75) is 11.9 Å². The summed E-state index contributed by atoms with van der Waals surface area (Å²) in [5.41, 5.74) is 7.04. The molecule has 100 valence electrons. The van der Waals surface area contributed by atoms with Crippen molar-refractivity contribution in [2.75, 3.05) is 10.5 Å². The summed E-state index contributed by atoms with van der Waals surface area (Å²) >= 11 is 3.30. The standard InChI is InChI=1S/C12H12BrN3O2S/c1-8-4-5-9(13)7-11(8)16-19(17,18)12-10(14)3-2-6-15-12/h2-7,16H,14H2,1H3. The van der Waals surface area contributed by atoms with Crippen LogP contribution in [0.5, 0.6) is 0 Å². The molecule has 7 heteroatoms. The van der Waals surface area contributed by atoms with E-state index in [1.54, 1.807) is 12.1 Å². The molecule has 1 aromatic heterocycles. The van der Waals surface area contributed by atoms with Gasteiger partial charge in [0.25, 0.3) is 10.0 Å². The Morgan fingerprint density at radius 3 is 2.74 bits per heavy atom. The molecular formula is C12H12BrN3O2S. The molecule has 0 aliphatic rings. The van der Waals surface area contributed by atoms with Gasteiger partial charge in [-0.05, 0) is 36.8 Å². The summed E-state index contributed by atoms with van der Waals surface area (Å²) in [6.45, 7) is 1.81. The number of anilines is 2. The maximum absolute atomic E-state index is 12.2. The molecule has 2 rings (SSSR count). The maximum Gasteiger partial charge on any atom is 0.281 e. The molecule has 1 aromatic carbocycles. The second-order valence-electron chi connectivity index (χ2n) is 3.96. The fourth-order valence-corrected chi connectivity index (χ4v) is 3.07. The highest BCUT2D eigenvalue weighted by atomic mass is 79.9. The number of nitrogens with two attached hydrogens (primary N) is 1. The van der Waals surface area contributed by atoms with Crippen LogP contribution in [0.4, 0.5) is 11.4 Å². The molecule has 2 aromatic rings. The SMILES string of the molecule is Cc1ccc(Br)cc1NS(=O)(=O)c1ncccc1N. The molecular weight excluding hydrogens is 330 g/mol. The van der Waals surface area contributed by atoms with Crippen molar-refractivity contribution in [3.63, 3.8) is 0 Å². The Morgan fingerprint density at radius 1 is 1.32 bits per heavy atom. The molecule has 19 heavy (non-hydrogen) atoms. The van der Waals surface area contributed by atoms with Gasteiger partial charge >= 0.3 is 0 Å². The third-order valence-electron chi connectivity index (χ3n) is 2.50.